The lowest BCUT2D eigenvalue weighted by Crippen LogP contribution is -2.26. The average Bonchev–Trinajstić information content (AvgIpc) is 2.81. The number of rotatable bonds is 4. The Hall–Kier alpha value is -2.70. The van der Waals surface area contributed by atoms with Crippen molar-refractivity contribution in [1.82, 2.24) is 20.1 Å². The molecule has 1 amide bonds. The van der Waals surface area contributed by atoms with E-state index >= 15 is 0 Å². The monoisotopic (exact) mass is 260 g/mol. The molecular formula is C12H12N4O3. The van der Waals surface area contributed by atoms with Crippen LogP contribution in [0.5, 0.6) is 0 Å². The van der Waals surface area contributed by atoms with Crippen LogP contribution in [-0.2, 0) is 13.6 Å². The van der Waals surface area contributed by atoms with Crippen molar-refractivity contribution in [2.24, 2.45) is 7.05 Å². The van der Waals surface area contributed by atoms with Gasteiger partial charge in [-0.1, -0.05) is 12.1 Å². The van der Waals surface area contributed by atoms with Crippen LogP contribution in [0.25, 0.3) is 0 Å². The van der Waals surface area contributed by atoms with Crippen molar-refractivity contribution in [3.05, 3.63) is 47.5 Å². The zero-order chi connectivity index (χ0) is 13.8. The van der Waals surface area contributed by atoms with Crippen LogP contribution in [0.2, 0.25) is 0 Å². The van der Waals surface area contributed by atoms with Gasteiger partial charge < -0.3 is 15.0 Å². The van der Waals surface area contributed by atoms with Crippen molar-refractivity contribution >= 4 is 11.9 Å². The van der Waals surface area contributed by atoms with E-state index in [2.05, 4.69) is 15.5 Å². The van der Waals surface area contributed by atoms with Crippen molar-refractivity contribution < 1.29 is 14.7 Å². The molecule has 19 heavy (non-hydrogen) atoms. The highest BCUT2D eigenvalue weighted by Gasteiger charge is 2.15. The third-order valence-corrected chi connectivity index (χ3v) is 2.61. The van der Waals surface area contributed by atoms with Gasteiger partial charge in [0.05, 0.1) is 17.7 Å². The first-order valence-corrected chi connectivity index (χ1v) is 5.53. The van der Waals surface area contributed by atoms with Crippen LogP contribution in [0.15, 0.2) is 30.6 Å². The maximum atomic E-state index is 11.9. The smallest absolute Gasteiger partial charge is 0.336 e. The van der Waals surface area contributed by atoms with Crippen molar-refractivity contribution in [1.29, 1.82) is 0 Å². The normalized spacial score (nSPS) is 10.2. The quantitative estimate of drug-likeness (QED) is 0.831. The molecule has 0 aliphatic heterocycles. The molecule has 0 saturated carbocycles. The number of benzene rings is 1. The summed E-state index contributed by atoms with van der Waals surface area (Å²) in [6.07, 6.45) is 1.52. The molecule has 0 aliphatic rings. The molecule has 2 aromatic rings. The molecular weight excluding hydrogens is 248 g/mol. The number of hydrogen-bond acceptors (Lipinski definition) is 4. The fourth-order valence-corrected chi connectivity index (χ4v) is 1.59. The van der Waals surface area contributed by atoms with E-state index in [1.165, 1.54) is 18.5 Å². The molecule has 2 N–H and O–H groups in total. The Morgan fingerprint density at radius 2 is 2.00 bits per heavy atom. The molecule has 98 valence electrons. The maximum absolute atomic E-state index is 11.9. The Labute approximate surface area is 108 Å². The second-order valence-electron chi connectivity index (χ2n) is 3.89. The van der Waals surface area contributed by atoms with E-state index in [1.54, 1.807) is 23.7 Å². The van der Waals surface area contributed by atoms with Gasteiger partial charge in [-0.2, -0.15) is 0 Å². The van der Waals surface area contributed by atoms with Crippen LogP contribution in [0.4, 0.5) is 0 Å². The molecule has 1 aromatic heterocycles. The highest BCUT2D eigenvalue weighted by molar-refractivity contribution is 6.04. The van der Waals surface area contributed by atoms with Gasteiger partial charge in [0.1, 0.15) is 6.33 Å². The fourth-order valence-electron chi connectivity index (χ4n) is 1.59. The van der Waals surface area contributed by atoms with Crippen molar-refractivity contribution in [2.45, 2.75) is 6.54 Å². The minimum absolute atomic E-state index is 0.0297. The highest BCUT2D eigenvalue weighted by atomic mass is 16.4. The first-order valence-electron chi connectivity index (χ1n) is 5.53. The van der Waals surface area contributed by atoms with Gasteiger partial charge >= 0.3 is 5.97 Å². The van der Waals surface area contributed by atoms with Gasteiger partial charge in [-0.3, -0.25) is 4.79 Å². The summed E-state index contributed by atoms with van der Waals surface area (Å²) in [5.41, 5.74) is 0.0927. The molecule has 0 bridgehead atoms. The topological polar surface area (TPSA) is 97.1 Å². The van der Waals surface area contributed by atoms with E-state index in [-0.39, 0.29) is 17.7 Å². The molecule has 0 fully saturated rings. The van der Waals surface area contributed by atoms with Crippen LogP contribution in [-0.4, -0.2) is 31.7 Å². The lowest BCUT2D eigenvalue weighted by molar-refractivity contribution is 0.0691. The minimum atomic E-state index is -1.13. The second kappa shape index (κ2) is 5.30. The second-order valence-corrected chi connectivity index (χ2v) is 3.89. The summed E-state index contributed by atoms with van der Waals surface area (Å²) in [6.45, 7) is 0.184. The summed E-state index contributed by atoms with van der Waals surface area (Å²) in [7, 11) is 1.76. The Balaban J connectivity index is 2.13. The van der Waals surface area contributed by atoms with Crippen molar-refractivity contribution in [2.75, 3.05) is 0 Å². The van der Waals surface area contributed by atoms with Gasteiger partial charge in [-0.05, 0) is 12.1 Å². The first-order chi connectivity index (χ1) is 9.09. The summed E-state index contributed by atoms with van der Waals surface area (Å²) in [5, 5.41) is 19.1. The molecule has 0 atom stereocenters. The molecule has 2 rings (SSSR count). The standard InChI is InChI=1S/C12H12N4O3/c1-16-7-14-15-10(16)6-13-11(17)8-4-2-3-5-9(8)12(18)19/h2-5,7H,6H2,1H3,(H,13,17)(H,18,19). The number of carboxylic acid groups (broad SMARTS) is 1. The largest absolute Gasteiger partial charge is 0.478 e. The van der Waals surface area contributed by atoms with Crippen molar-refractivity contribution in [3.8, 4) is 0 Å². The number of carbonyl (C=O) groups excluding carboxylic acids is 1. The number of aryl methyl sites for hydroxylation is 1. The highest BCUT2D eigenvalue weighted by Crippen LogP contribution is 2.08. The van der Waals surface area contributed by atoms with Gasteiger partial charge in [-0.25, -0.2) is 4.79 Å². The van der Waals surface area contributed by atoms with Crippen LogP contribution >= 0.6 is 0 Å². The van der Waals surface area contributed by atoms with Crippen LogP contribution in [0.3, 0.4) is 0 Å². The lowest BCUT2D eigenvalue weighted by atomic mass is 10.1. The Morgan fingerprint density at radius 3 is 2.58 bits per heavy atom. The van der Waals surface area contributed by atoms with Gasteiger partial charge in [0, 0.05) is 7.05 Å². The number of hydrogen-bond donors (Lipinski definition) is 2. The number of aromatic nitrogens is 3. The minimum Gasteiger partial charge on any atom is -0.478 e. The van der Waals surface area contributed by atoms with Gasteiger partial charge in [0.25, 0.3) is 5.91 Å². The van der Waals surface area contributed by atoms with E-state index in [9.17, 15) is 9.59 Å². The molecule has 0 aliphatic carbocycles. The summed E-state index contributed by atoms with van der Waals surface area (Å²) in [5.74, 6) is -1.01. The molecule has 0 radical (unpaired) electrons. The van der Waals surface area contributed by atoms with E-state index in [1.807, 2.05) is 0 Å². The molecule has 7 nitrogen and oxygen atoms in total. The zero-order valence-corrected chi connectivity index (χ0v) is 10.2. The molecule has 1 aromatic carbocycles. The molecule has 1 heterocycles. The lowest BCUT2D eigenvalue weighted by Gasteiger charge is -2.07. The Morgan fingerprint density at radius 1 is 1.32 bits per heavy atom. The van der Waals surface area contributed by atoms with Crippen LogP contribution < -0.4 is 5.32 Å². The number of amides is 1. The molecule has 0 unspecified atom stereocenters. The zero-order valence-electron chi connectivity index (χ0n) is 10.2. The summed E-state index contributed by atoms with van der Waals surface area (Å²) >= 11 is 0. The number of carbonyl (C=O) groups is 2. The van der Waals surface area contributed by atoms with Crippen molar-refractivity contribution in [3.63, 3.8) is 0 Å². The summed E-state index contributed by atoms with van der Waals surface area (Å²) in [6, 6.07) is 6.04. The fraction of sp³-hybridized carbons (Fsp3) is 0.167. The number of aromatic carboxylic acids is 1. The Kier molecular flexibility index (Phi) is 3.56. The number of nitrogens with zero attached hydrogens (tertiary/aromatic N) is 3. The molecule has 0 saturated heterocycles. The average molecular weight is 260 g/mol. The van der Waals surface area contributed by atoms with E-state index in [4.69, 9.17) is 5.11 Å². The van der Waals surface area contributed by atoms with E-state index < -0.39 is 11.9 Å². The maximum Gasteiger partial charge on any atom is 0.336 e. The van der Waals surface area contributed by atoms with Crippen LogP contribution in [0, 0.1) is 0 Å². The Bertz CT molecular complexity index is 621. The van der Waals surface area contributed by atoms with Gasteiger partial charge in [0.2, 0.25) is 0 Å². The van der Waals surface area contributed by atoms with E-state index in [0.29, 0.717) is 5.82 Å². The molecule has 7 heteroatoms. The van der Waals surface area contributed by atoms with Gasteiger partial charge in [0.15, 0.2) is 5.82 Å². The summed E-state index contributed by atoms with van der Waals surface area (Å²) < 4.78 is 1.67. The predicted octanol–water partition coefficient (Wildman–Crippen LogP) is 0.443. The van der Waals surface area contributed by atoms with Crippen LogP contribution in [0.1, 0.15) is 26.5 Å². The third-order valence-electron chi connectivity index (χ3n) is 2.61. The first kappa shape index (κ1) is 12.7. The van der Waals surface area contributed by atoms with E-state index in [0.717, 1.165) is 0 Å². The number of nitrogens with one attached hydrogen (secondary N) is 1. The third kappa shape index (κ3) is 2.76. The summed E-state index contributed by atoms with van der Waals surface area (Å²) in [4.78, 5) is 23.0. The van der Waals surface area contributed by atoms with Gasteiger partial charge in [-0.15, -0.1) is 10.2 Å². The number of carboxylic acids is 1. The molecule has 0 spiro atoms. The predicted molar refractivity (Wildman–Crippen MR) is 65.6 cm³/mol. The SMILES string of the molecule is Cn1cnnc1CNC(=O)c1ccccc1C(=O)O.